The van der Waals surface area contributed by atoms with E-state index in [-0.39, 0.29) is 5.41 Å². The van der Waals surface area contributed by atoms with Crippen LogP contribution < -0.4 is 9.64 Å². The lowest BCUT2D eigenvalue weighted by Gasteiger charge is -2.50. The SMILES string of the molecule is COc1cc(N2Cc3ccccc3C3(CCN(C4CCOCC4)CC3)C2)ncn1. The number of hydrogen-bond acceptors (Lipinski definition) is 6. The number of benzene rings is 1. The van der Waals surface area contributed by atoms with Gasteiger partial charge in [0.2, 0.25) is 5.88 Å². The van der Waals surface area contributed by atoms with Crippen LogP contribution in [0.2, 0.25) is 0 Å². The lowest BCUT2D eigenvalue weighted by Crippen LogP contribution is -2.54. The Balaban J connectivity index is 1.41. The summed E-state index contributed by atoms with van der Waals surface area (Å²) in [6.45, 7) is 6.06. The van der Waals surface area contributed by atoms with Crippen molar-refractivity contribution in [3.63, 3.8) is 0 Å². The normalized spacial score (nSPS) is 22.4. The average molecular weight is 395 g/mol. The van der Waals surface area contributed by atoms with Crippen LogP contribution in [0.5, 0.6) is 5.88 Å². The Morgan fingerprint density at radius 3 is 2.69 bits per heavy atom. The molecule has 6 heteroatoms. The molecule has 4 heterocycles. The maximum Gasteiger partial charge on any atom is 0.218 e. The molecular weight excluding hydrogens is 364 g/mol. The largest absolute Gasteiger partial charge is 0.481 e. The molecule has 0 atom stereocenters. The number of fused-ring (bicyclic) bond motifs is 2. The fourth-order valence-electron chi connectivity index (χ4n) is 5.46. The Morgan fingerprint density at radius 2 is 1.90 bits per heavy atom. The number of methoxy groups -OCH3 is 1. The lowest BCUT2D eigenvalue weighted by atomic mass is 9.68. The molecule has 3 aliphatic heterocycles. The number of aromatic nitrogens is 2. The van der Waals surface area contributed by atoms with Crippen molar-refractivity contribution in [1.29, 1.82) is 0 Å². The first kappa shape index (κ1) is 18.8. The van der Waals surface area contributed by atoms with Gasteiger partial charge in [-0.1, -0.05) is 24.3 Å². The Kier molecular flexibility index (Phi) is 5.14. The highest BCUT2D eigenvalue weighted by Crippen LogP contribution is 2.43. The molecule has 1 aromatic heterocycles. The van der Waals surface area contributed by atoms with E-state index < -0.39 is 0 Å². The van der Waals surface area contributed by atoms with Crippen molar-refractivity contribution in [2.45, 2.75) is 43.7 Å². The first-order valence-electron chi connectivity index (χ1n) is 10.8. The van der Waals surface area contributed by atoms with Crippen LogP contribution in [-0.4, -0.2) is 60.9 Å². The highest BCUT2D eigenvalue weighted by molar-refractivity contribution is 5.49. The molecule has 0 bridgehead atoms. The summed E-state index contributed by atoms with van der Waals surface area (Å²) in [6, 6.07) is 11.7. The van der Waals surface area contributed by atoms with Crippen molar-refractivity contribution in [3.8, 4) is 5.88 Å². The summed E-state index contributed by atoms with van der Waals surface area (Å²) in [7, 11) is 1.66. The Hall–Kier alpha value is -2.18. The first-order valence-corrected chi connectivity index (χ1v) is 10.8. The minimum atomic E-state index is 0.189. The topological polar surface area (TPSA) is 50.7 Å². The molecule has 3 aliphatic rings. The molecule has 1 aromatic carbocycles. The molecule has 29 heavy (non-hydrogen) atoms. The molecule has 0 radical (unpaired) electrons. The number of likely N-dealkylation sites (tertiary alicyclic amines) is 1. The molecule has 2 saturated heterocycles. The monoisotopic (exact) mass is 394 g/mol. The van der Waals surface area contributed by atoms with E-state index in [4.69, 9.17) is 9.47 Å². The van der Waals surface area contributed by atoms with Crippen LogP contribution in [0, 0.1) is 0 Å². The highest BCUT2D eigenvalue weighted by atomic mass is 16.5. The second kappa shape index (κ2) is 7.92. The third kappa shape index (κ3) is 3.60. The minimum absolute atomic E-state index is 0.189. The minimum Gasteiger partial charge on any atom is -0.481 e. The molecule has 2 fully saturated rings. The summed E-state index contributed by atoms with van der Waals surface area (Å²) in [5.41, 5.74) is 3.16. The van der Waals surface area contributed by atoms with Crippen LogP contribution in [0.25, 0.3) is 0 Å². The second-order valence-electron chi connectivity index (χ2n) is 8.59. The maximum absolute atomic E-state index is 5.57. The fraction of sp³-hybridized carbons (Fsp3) is 0.565. The summed E-state index contributed by atoms with van der Waals surface area (Å²) in [4.78, 5) is 13.9. The standard InChI is InChI=1S/C23H30N4O2/c1-28-22-14-21(24-17-25-22)27-15-18-4-2-3-5-20(18)23(16-27)8-10-26(11-9-23)19-6-12-29-13-7-19/h2-5,14,17,19H,6-13,15-16H2,1H3. The molecule has 0 unspecified atom stereocenters. The summed E-state index contributed by atoms with van der Waals surface area (Å²) in [6.07, 6.45) is 6.35. The van der Waals surface area contributed by atoms with Gasteiger partial charge in [0.05, 0.1) is 7.11 Å². The predicted molar refractivity (Wildman–Crippen MR) is 112 cm³/mol. The zero-order valence-electron chi connectivity index (χ0n) is 17.2. The van der Waals surface area contributed by atoms with Crippen LogP contribution in [0.15, 0.2) is 36.7 Å². The number of hydrogen-bond donors (Lipinski definition) is 0. The van der Waals surface area contributed by atoms with Crippen molar-refractivity contribution in [2.75, 3.05) is 44.9 Å². The van der Waals surface area contributed by atoms with Crippen LogP contribution in [0.4, 0.5) is 5.82 Å². The smallest absolute Gasteiger partial charge is 0.218 e. The van der Waals surface area contributed by atoms with Crippen LogP contribution in [-0.2, 0) is 16.7 Å². The molecule has 2 aromatic rings. The third-order valence-electron chi connectivity index (χ3n) is 7.07. The van der Waals surface area contributed by atoms with E-state index in [1.54, 1.807) is 19.0 Å². The van der Waals surface area contributed by atoms with Gasteiger partial charge in [-0.3, -0.25) is 0 Å². The van der Waals surface area contributed by atoms with Crippen LogP contribution >= 0.6 is 0 Å². The summed E-state index contributed by atoms with van der Waals surface area (Å²) >= 11 is 0. The van der Waals surface area contributed by atoms with Crippen molar-refractivity contribution in [1.82, 2.24) is 14.9 Å². The van der Waals surface area contributed by atoms with Gasteiger partial charge < -0.3 is 19.3 Å². The van der Waals surface area contributed by atoms with Gasteiger partial charge in [0.15, 0.2) is 0 Å². The van der Waals surface area contributed by atoms with E-state index in [1.165, 1.54) is 44.3 Å². The van der Waals surface area contributed by atoms with Crippen molar-refractivity contribution in [3.05, 3.63) is 47.8 Å². The molecule has 0 saturated carbocycles. The summed E-state index contributed by atoms with van der Waals surface area (Å²) in [5, 5.41) is 0. The average Bonchev–Trinajstić information content (AvgIpc) is 2.80. The van der Waals surface area contributed by atoms with E-state index in [1.807, 2.05) is 6.07 Å². The van der Waals surface area contributed by atoms with E-state index >= 15 is 0 Å². The first-order chi connectivity index (χ1) is 14.3. The Bertz CT molecular complexity index is 844. The summed E-state index contributed by atoms with van der Waals surface area (Å²) < 4.78 is 10.9. The predicted octanol–water partition coefficient (Wildman–Crippen LogP) is 3.02. The van der Waals surface area contributed by atoms with Gasteiger partial charge in [0, 0.05) is 43.8 Å². The molecule has 1 spiro atoms. The highest BCUT2D eigenvalue weighted by Gasteiger charge is 2.43. The number of ether oxygens (including phenoxy) is 2. The van der Waals surface area contributed by atoms with E-state index in [9.17, 15) is 0 Å². The number of nitrogens with zero attached hydrogens (tertiary/aromatic N) is 4. The number of anilines is 1. The quantitative estimate of drug-likeness (QED) is 0.798. The molecule has 0 amide bonds. The molecule has 0 aliphatic carbocycles. The maximum atomic E-state index is 5.57. The molecule has 0 N–H and O–H groups in total. The van der Waals surface area contributed by atoms with Crippen molar-refractivity contribution >= 4 is 5.82 Å². The Labute approximate surface area is 172 Å². The van der Waals surface area contributed by atoms with Crippen LogP contribution in [0.3, 0.4) is 0 Å². The van der Waals surface area contributed by atoms with Gasteiger partial charge in [-0.25, -0.2) is 9.97 Å². The Morgan fingerprint density at radius 1 is 1.10 bits per heavy atom. The second-order valence-corrected chi connectivity index (χ2v) is 8.59. The lowest BCUT2D eigenvalue weighted by molar-refractivity contribution is 0.0171. The zero-order valence-corrected chi connectivity index (χ0v) is 17.2. The van der Waals surface area contributed by atoms with Gasteiger partial charge >= 0.3 is 0 Å². The van der Waals surface area contributed by atoms with E-state index in [0.717, 1.165) is 32.1 Å². The fourth-order valence-corrected chi connectivity index (χ4v) is 5.46. The van der Waals surface area contributed by atoms with E-state index in [2.05, 4.69) is 44.0 Å². The molecule has 154 valence electrons. The third-order valence-corrected chi connectivity index (χ3v) is 7.07. The van der Waals surface area contributed by atoms with Gasteiger partial charge in [0.25, 0.3) is 0 Å². The van der Waals surface area contributed by atoms with Gasteiger partial charge in [-0.2, -0.15) is 0 Å². The van der Waals surface area contributed by atoms with Crippen molar-refractivity contribution < 1.29 is 9.47 Å². The molecular formula is C23H30N4O2. The molecule has 6 nitrogen and oxygen atoms in total. The van der Waals surface area contributed by atoms with Crippen molar-refractivity contribution in [2.24, 2.45) is 0 Å². The summed E-state index contributed by atoms with van der Waals surface area (Å²) in [5.74, 6) is 1.58. The molecule has 5 rings (SSSR count). The van der Waals surface area contributed by atoms with Crippen LogP contribution in [0.1, 0.15) is 36.8 Å². The number of piperidine rings is 1. The van der Waals surface area contributed by atoms with Gasteiger partial charge in [0.1, 0.15) is 12.1 Å². The van der Waals surface area contributed by atoms with Gasteiger partial charge in [-0.15, -0.1) is 0 Å². The van der Waals surface area contributed by atoms with Gasteiger partial charge in [-0.05, 0) is 49.9 Å². The zero-order chi connectivity index (χ0) is 19.7. The van der Waals surface area contributed by atoms with E-state index in [0.29, 0.717) is 11.9 Å². The number of rotatable bonds is 3.